The van der Waals surface area contributed by atoms with Crippen molar-refractivity contribution in [3.8, 4) is 0 Å². The van der Waals surface area contributed by atoms with E-state index in [-0.39, 0.29) is 4.77 Å². The number of aromatic nitrogens is 5. The molecule has 2 aromatic rings. The Morgan fingerprint density at radius 3 is 2.89 bits per heavy atom. The number of aromatic amines is 1. The maximum atomic E-state index is 12.7. The number of hydrogen-bond donors (Lipinski definition) is 1. The number of rotatable bonds is 4. The molecule has 0 saturated heterocycles. The van der Waals surface area contributed by atoms with E-state index >= 15 is 0 Å². The summed E-state index contributed by atoms with van der Waals surface area (Å²) < 4.78 is 28.0. The van der Waals surface area contributed by atoms with Crippen molar-refractivity contribution in [3.05, 3.63) is 28.0 Å². The van der Waals surface area contributed by atoms with Crippen LogP contribution in [0.5, 0.6) is 0 Å². The molecule has 0 saturated carbocycles. The summed E-state index contributed by atoms with van der Waals surface area (Å²) in [7, 11) is 0. The van der Waals surface area contributed by atoms with Crippen LogP contribution in [0.4, 0.5) is 8.78 Å². The van der Waals surface area contributed by atoms with Crippen molar-refractivity contribution >= 4 is 18.4 Å². The lowest BCUT2D eigenvalue weighted by Gasteiger charge is -1.99. The summed E-state index contributed by atoms with van der Waals surface area (Å²) in [5, 5.41) is 13.8. The van der Waals surface area contributed by atoms with Crippen LogP contribution in [0.25, 0.3) is 0 Å². The molecule has 0 fully saturated rings. The molecule has 0 aliphatic rings. The highest BCUT2D eigenvalue weighted by Gasteiger charge is 2.16. The molecule has 6 nitrogen and oxygen atoms in total. The monoisotopic (exact) mass is 286 g/mol. The highest BCUT2D eigenvalue weighted by molar-refractivity contribution is 7.71. The SMILES string of the molecule is CCn1ncc(/C=N/n2c(C(F)F)n[nH]c2=S)c1C. The normalized spacial score (nSPS) is 11.8. The molecule has 2 rings (SSSR count). The second-order valence-electron chi connectivity index (χ2n) is 3.75. The Morgan fingerprint density at radius 1 is 1.58 bits per heavy atom. The minimum atomic E-state index is -2.75. The van der Waals surface area contributed by atoms with Crippen molar-refractivity contribution in [3.63, 3.8) is 0 Å². The average Bonchev–Trinajstić information content (AvgIpc) is 2.90. The molecular weight excluding hydrogens is 274 g/mol. The molecule has 2 aromatic heterocycles. The number of aryl methyl sites for hydroxylation is 1. The summed E-state index contributed by atoms with van der Waals surface area (Å²) in [5.74, 6) is -0.512. The molecule has 2 heterocycles. The van der Waals surface area contributed by atoms with Crippen molar-refractivity contribution in [1.82, 2.24) is 24.7 Å². The van der Waals surface area contributed by atoms with E-state index in [0.29, 0.717) is 0 Å². The first-order valence-electron chi connectivity index (χ1n) is 5.56. The topological polar surface area (TPSA) is 63.8 Å². The van der Waals surface area contributed by atoms with E-state index in [1.54, 1.807) is 10.9 Å². The Morgan fingerprint density at radius 2 is 2.32 bits per heavy atom. The van der Waals surface area contributed by atoms with Crippen LogP contribution < -0.4 is 0 Å². The van der Waals surface area contributed by atoms with Crippen LogP contribution in [-0.4, -0.2) is 30.9 Å². The van der Waals surface area contributed by atoms with Gasteiger partial charge in [-0.1, -0.05) is 0 Å². The molecule has 9 heteroatoms. The summed E-state index contributed by atoms with van der Waals surface area (Å²) in [5.41, 5.74) is 1.64. The molecule has 0 bridgehead atoms. The van der Waals surface area contributed by atoms with Gasteiger partial charge in [0, 0.05) is 17.8 Å². The number of halogens is 2. The summed E-state index contributed by atoms with van der Waals surface area (Å²) >= 11 is 4.85. The van der Waals surface area contributed by atoms with E-state index < -0.39 is 12.2 Å². The smallest absolute Gasteiger partial charge is 0.269 e. The Bertz CT molecular complexity index is 653. The maximum Gasteiger partial charge on any atom is 0.299 e. The second-order valence-corrected chi connectivity index (χ2v) is 4.13. The van der Waals surface area contributed by atoms with Gasteiger partial charge in [0.1, 0.15) is 0 Å². The highest BCUT2D eigenvalue weighted by Crippen LogP contribution is 2.16. The van der Waals surface area contributed by atoms with Crippen LogP contribution in [0.15, 0.2) is 11.3 Å². The zero-order chi connectivity index (χ0) is 14.0. The Balaban J connectivity index is 2.35. The lowest BCUT2D eigenvalue weighted by molar-refractivity contribution is 0.136. The molecule has 0 amide bonds. The van der Waals surface area contributed by atoms with Crippen LogP contribution >= 0.6 is 12.2 Å². The predicted octanol–water partition coefficient (Wildman–Crippen LogP) is 2.29. The molecule has 0 aliphatic carbocycles. The molecule has 19 heavy (non-hydrogen) atoms. The largest absolute Gasteiger partial charge is 0.299 e. The van der Waals surface area contributed by atoms with Gasteiger partial charge in [-0.25, -0.2) is 13.9 Å². The van der Waals surface area contributed by atoms with E-state index in [0.717, 1.165) is 22.5 Å². The summed E-state index contributed by atoms with van der Waals surface area (Å²) in [6, 6.07) is 0. The Hall–Kier alpha value is -1.90. The lowest BCUT2D eigenvalue weighted by Crippen LogP contribution is -2.01. The van der Waals surface area contributed by atoms with Gasteiger partial charge in [-0.05, 0) is 26.1 Å². The fourth-order valence-corrected chi connectivity index (χ4v) is 1.77. The predicted molar refractivity (Wildman–Crippen MR) is 68.0 cm³/mol. The van der Waals surface area contributed by atoms with Crippen molar-refractivity contribution in [2.24, 2.45) is 5.10 Å². The van der Waals surface area contributed by atoms with Gasteiger partial charge in [-0.15, -0.1) is 0 Å². The van der Waals surface area contributed by atoms with Gasteiger partial charge in [0.2, 0.25) is 10.6 Å². The van der Waals surface area contributed by atoms with Gasteiger partial charge >= 0.3 is 0 Å². The van der Waals surface area contributed by atoms with Crippen LogP contribution in [0.1, 0.15) is 30.4 Å². The molecule has 0 spiro atoms. The molecule has 0 unspecified atom stereocenters. The van der Waals surface area contributed by atoms with E-state index in [1.807, 2.05) is 13.8 Å². The van der Waals surface area contributed by atoms with Crippen LogP contribution in [0, 0.1) is 11.7 Å². The Labute approximate surface area is 112 Å². The zero-order valence-electron chi connectivity index (χ0n) is 10.3. The number of nitrogens with one attached hydrogen (secondary N) is 1. The molecule has 0 aromatic carbocycles. The number of hydrogen-bond acceptors (Lipinski definition) is 4. The number of alkyl halides is 2. The molecule has 0 atom stereocenters. The van der Waals surface area contributed by atoms with Crippen LogP contribution in [-0.2, 0) is 6.54 Å². The van der Waals surface area contributed by atoms with Gasteiger partial charge in [-0.2, -0.15) is 20.0 Å². The average molecular weight is 286 g/mol. The standard InChI is InChI=1S/C10H12F2N6S/c1-3-17-6(2)7(4-13-17)5-14-18-9(8(11)12)15-16-10(18)19/h4-5,8H,3H2,1-2H3,(H,16,19)/b14-5+. The summed E-state index contributed by atoms with van der Waals surface area (Å²) in [6.07, 6.45) is 0.310. The molecule has 0 radical (unpaired) electrons. The third-order valence-corrected chi connectivity index (χ3v) is 2.89. The number of H-pyrrole nitrogens is 1. The first-order valence-corrected chi connectivity index (χ1v) is 5.97. The zero-order valence-corrected chi connectivity index (χ0v) is 11.2. The van der Waals surface area contributed by atoms with E-state index in [9.17, 15) is 8.78 Å². The van der Waals surface area contributed by atoms with Crippen molar-refractivity contribution in [2.75, 3.05) is 0 Å². The van der Waals surface area contributed by atoms with Crippen molar-refractivity contribution in [1.29, 1.82) is 0 Å². The van der Waals surface area contributed by atoms with E-state index in [4.69, 9.17) is 12.2 Å². The first kappa shape index (κ1) is 13.5. The fraction of sp³-hybridized carbons (Fsp3) is 0.400. The fourth-order valence-electron chi connectivity index (χ4n) is 1.58. The third kappa shape index (κ3) is 2.60. The van der Waals surface area contributed by atoms with E-state index in [1.165, 1.54) is 6.21 Å². The number of nitrogens with zero attached hydrogens (tertiary/aromatic N) is 5. The quantitative estimate of drug-likeness (QED) is 0.693. The Kier molecular flexibility index (Phi) is 3.84. The maximum absolute atomic E-state index is 12.7. The molecule has 0 aliphatic heterocycles. The summed E-state index contributed by atoms with van der Waals surface area (Å²) in [6.45, 7) is 4.57. The molecule has 102 valence electrons. The first-order chi connectivity index (χ1) is 9.04. The molecular formula is C10H12F2N6S. The van der Waals surface area contributed by atoms with Gasteiger partial charge in [0.05, 0.1) is 12.4 Å². The lowest BCUT2D eigenvalue weighted by atomic mass is 10.3. The minimum Gasteiger partial charge on any atom is -0.269 e. The summed E-state index contributed by atoms with van der Waals surface area (Å²) in [4.78, 5) is 0. The van der Waals surface area contributed by atoms with E-state index in [2.05, 4.69) is 20.4 Å². The second kappa shape index (κ2) is 5.39. The van der Waals surface area contributed by atoms with Gasteiger partial charge < -0.3 is 0 Å². The van der Waals surface area contributed by atoms with Gasteiger partial charge in [0.25, 0.3) is 6.43 Å². The van der Waals surface area contributed by atoms with Crippen LogP contribution in [0.2, 0.25) is 0 Å². The molecule has 1 N–H and O–H groups in total. The third-order valence-electron chi connectivity index (χ3n) is 2.62. The van der Waals surface area contributed by atoms with Gasteiger partial charge in [0.15, 0.2) is 0 Å². The highest BCUT2D eigenvalue weighted by atomic mass is 32.1. The van der Waals surface area contributed by atoms with Gasteiger partial charge in [-0.3, -0.25) is 4.68 Å². The van der Waals surface area contributed by atoms with Crippen LogP contribution in [0.3, 0.4) is 0 Å². The van der Waals surface area contributed by atoms with Crippen molar-refractivity contribution < 1.29 is 8.78 Å². The minimum absolute atomic E-state index is 0.0205. The van der Waals surface area contributed by atoms with Crippen molar-refractivity contribution in [2.45, 2.75) is 26.8 Å².